The van der Waals surface area contributed by atoms with Gasteiger partial charge in [-0.05, 0) is 19.1 Å². The second kappa shape index (κ2) is 6.38. The SMILES string of the molecule is CC(CCl)(Oc1ccccc1)C(=O)[O-].[Na+]. The quantitative estimate of drug-likeness (QED) is 0.441. The van der Waals surface area contributed by atoms with Gasteiger partial charge in [0.05, 0.1) is 11.8 Å². The molecule has 0 amide bonds. The first-order valence-electron chi connectivity index (χ1n) is 4.10. The van der Waals surface area contributed by atoms with Gasteiger partial charge >= 0.3 is 29.6 Å². The predicted molar refractivity (Wildman–Crippen MR) is 51.2 cm³/mol. The van der Waals surface area contributed by atoms with E-state index in [1.807, 2.05) is 6.07 Å². The molecule has 0 N–H and O–H groups in total. The van der Waals surface area contributed by atoms with Crippen LogP contribution in [0, 0.1) is 0 Å². The number of ether oxygens (including phenoxy) is 1. The topological polar surface area (TPSA) is 49.4 Å². The standard InChI is InChI=1S/C10H11ClO3.Na/c1-10(7-11,9(12)13)14-8-5-3-2-4-6-8;/h2-6H,7H2,1H3,(H,12,13);/q;+1/p-1. The number of carboxylic acid groups (broad SMARTS) is 1. The van der Waals surface area contributed by atoms with Crippen LogP contribution in [-0.4, -0.2) is 17.5 Å². The number of aliphatic carboxylic acids is 1. The van der Waals surface area contributed by atoms with Crippen LogP contribution in [0.15, 0.2) is 30.3 Å². The summed E-state index contributed by atoms with van der Waals surface area (Å²) in [7, 11) is 0. The maximum Gasteiger partial charge on any atom is 1.00 e. The third kappa shape index (κ3) is 4.03. The van der Waals surface area contributed by atoms with Crippen molar-refractivity contribution in [1.82, 2.24) is 0 Å². The molecule has 15 heavy (non-hydrogen) atoms. The molecule has 0 saturated carbocycles. The number of carbonyl (C=O) groups is 1. The van der Waals surface area contributed by atoms with Gasteiger partial charge in [0.1, 0.15) is 5.75 Å². The van der Waals surface area contributed by atoms with E-state index in [0.717, 1.165) is 0 Å². The molecular weight excluding hydrogens is 227 g/mol. The number of halogens is 1. The van der Waals surface area contributed by atoms with Crippen LogP contribution in [0.25, 0.3) is 0 Å². The summed E-state index contributed by atoms with van der Waals surface area (Å²) in [6.07, 6.45) is 0. The molecule has 0 aliphatic rings. The molecule has 76 valence electrons. The van der Waals surface area contributed by atoms with E-state index in [2.05, 4.69) is 0 Å². The van der Waals surface area contributed by atoms with E-state index in [0.29, 0.717) is 5.75 Å². The Morgan fingerprint density at radius 3 is 2.40 bits per heavy atom. The number of carbonyl (C=O) groups excluding carboxylic acids is 1. The van der Waals surface area contributed by atoms with Crippen molar-refractivity contribution in [2.24, 2.45) is 0 Å². The Hall–Kier alpha value is -0.220. The Morgan fingerprint density at radius 1 is 1.47 bits per heavy atom. The van der Waals surface area contributed by atoms with E-state index in [4.69, 9.17) is 16.3 Å². The van der Waals surface area contributed by atoms with Crippen molar-refractivity contribution in [2.75, 3.05) is 5.88 Å². The molecule has 0 bridgehead atoms. The summed E-state index contributed by atoms with van der Waals surface area (Å²) >= 11 is 5.51. The molecule has 0 aliphatic carbocycles. The first-order valence-corrected chi connectivity index (χ1v) is 4.63. The second-order valence-corrected chi connectivity index (χ2v) is 3.33. The number of benzene rings is 1. The van der Waals surface area contributed by atoms with Gasteiger partial charge in [-0.15, -0.1) is 11.6 Å². The Kier molecular flexibility index (Phi) is 6.29. The van der Waals surface area contributed by atoms with Crippen molar-refractivity contribution in [3.8, 4) is 5.75 Å². The molecule has 1 aromatic rings. The summed E-state index contributed by atoms with van der Waals surface area (Å²) in [5.74, 6) is -1.03. The number of rotatable bonds is 4. The summed E-state index contributed by atoms with van der Waals surface area (Å²) in [5.41, 5.74) is -1.48. The average molecular weight is 237 g/mol. The van der Waals surface area contributed by atoms with Crippen LogP contribution in [0.3, 0.4) is 0 Å². The van der Waals surface area contributed by atoms with E-state index in [-0.39, 0.29) is 35.4 Å². The van der Waals surface area contributed by atoms with Crippen LogP contribution in [0.5, 0.6) is 5.75 Å². The molecule has 1 unspecified atom stereocenters. The molecule has 0 saturated heterocycles. The molecule has 0 aliphatic heterocycles. The fourth-order valence-electron chi connectivity index (χ4n) is 0.872. The van der Waals surface area contributed by atoms with E-state index >= 15 is 0 Å². The monoisotopic (exact) mass is 236 g/mol. The Balaban J connectivity index is 0.00000196. The minimum absolute atomic E-state index is 0. The smallest absolute Gasteiger partial charge is 0.546 e. The normalized spacial score (nSPS) is 13.5. The predicted octanol–water partition coefficient (Wildman–Crippen LogP) is -2.18. The fraction of sp³-hybridized carbons (Fsp3) is 0.300. The fourth-order valence-corrected chi connectivity index (χ4v) is 1.04. The van der Waals surface area contributed by atoms with E-state index in [1.165, 1.54) is 6.92 Å². The van der Waals surface area contributed by atoms with Gasteiger partial charge in [0.2, 0.25) is 0 Å². The van der Waals surface area contributed by atoms with E-state index in [9.17, 15) is 9.90 Å². The van der Waals surface area contributed by atoms with Gasteiger partial charge in [0.25, 0.3) is 0 Å². The zero-order chi connectivity index (χ0) is 10.6. The van der Waals surface area contributed by atoms with Gasteiger partial charge in [0, 0.05) is 0 Å². The Labute approximate surface area is 116 Å². The van der Waals surface area contributed by atoms with Crippen LogP contribution >= 0.6 is 11.6 Å². The van der Waals surface area contributed by atoms with Crippen LogP contribution < -0.4 is 39.4 Å². The largest absolute Gasteiger partial charge is 1.00 e. The van der Waals surface area contributed by atoms with E-state index < -0.39 is 11.6 Å². The molecular formula is C10H10ClNaO3. The Bertz CT molecular complexity index is 318. The summed E-state index contributed by atoms with van der Waals surface area (Å²) in [4.78, 5) is 10.7. The average Bonchev–Trinajstić information content (AvgIpc) is 2.19. The first kappa shape index (κ1) is 14.8. The van der Waals surface area contributed by atoms with Crippen LogP contribution in [0.2, 0.25) is 0 Å². The molecule has 1 aromatic carbocycles. The van der Waals surface area contributed by atoms with Crippen molar-refractivity contribution in [2.45, 2.75) is 12.5 Å². The van der Waals surface area contributed by atoms with Gasteiger partial charge < -0.3 is 14.6 Å². The van der Waals surface area contributed by atoms with Gasteiger partial charge in [-0.25, -0.2) is 0 Å². The number of alkyl halides is 1. The van der Waals surface area contributed by atoms with Crippen molar-refractivity contribution in [3.63, 3.8) is 0 Å². The zero-order valence-electron chi connectivity index (χ0n) is 8.70. The van der Waals surface area contributed by atoms with Crippen molar-refractivity contribution < 1.29 is 44.2 Å². The van der Waals surface area contributed by atoms with E-state index in [1.54, 1.807) is 24.3 Å². The molecule has 0 spiro atoms. The summed E-state index contributed by atoms with van der Waals surface area (Å²) in [5, 5.41) is 10.7. The van der Waals surface area contributed by atoms with Crippen LogP contribution in [0.1, 0.15) is 6.92 Å². The van der Waals surface area contributed by atoms with Gasteiger partial charge in [-0.2, -0.15) is 0 Å². The van der Waals surface area contributed by atoms with Crippen molar-refractivity contribution >= 4 is 17.6 Å². The number of hydrogen-bond donors (Lipinski definition) is 0. The Morgan fingerprint density at radius 2 is 2.00 bits per heavy atom. The maximum atomic E-state index is 10.7. The molecule has 1 atom stereocenters. The summed E-state index contributed by atoms with van der Waals surface area (Å²) in [6, 6.07) is 8.63. The number of hydrogen-bond acceptors (Lipinski definition) is 3. The van der Waals surface area contributed by atoms with Crippen molar-refractivity contribution in [1.29, 1.82) is 0 Å². The second-order valence-electron chi connectivity index (χ2n) is 3.07. The van der Waals surface area contributed by atoms with Crippen molar-refractivity contribution in [3.05, 3.63) is 30.3 Å². The summed E-state index contributed by atoms with van der Waals surface area (Å²) < 4.78 is 5.22. The molecule has 0 radical (unpaired) electrons. The molecule has 3 nitrogen and oxygen atoms in total. The molecule has 0 aromatic heterocycles. The molecule has 5 heteroatoms. The van der Waals surface area contributed by atoms with Crippen LogP contribution in [-0.2, 0) is 4.79 Å². The third-order valence-corrected chi connectivity index (χ3v) is 2.28. The van der Waals surface area contributed by atoms with Gasteiger partial charge in [-0.3, -0.25) is 0 Å². The first-order chi connectivity index (χ1) is 6.58. The minimum atomic E-state index is -1.48. The number of para-hydroxylation sites is 1. The molecule has 1 rings (SSSR count). The minimum Gasteiger partial charge on any atom is -0.546 e. The van der Waals surface area contributed by atoms with Crippen LogP contribution in [0.4, 0.5) is 0 Å². The third-order valence-electron chi connectivity index (χ3n) is 1.77. The maximum absolute atomic E-state index is 10.7. The molecule has 0 fully saturated rings. The number of carboxylic acids is 1. The van der Waals surface area contributed by atoms with Gasteiger partial charge in [0.15, 0.2) is 5.60 Å². The molecule has 0 heterocycles. The zero-order valence-corrected chi connectivity index (χ0v) is 11.5. The van der Waals surface area contributed by atoms with Gasteiger partial charge in [-0.1, -0.05) is 18.2 Å². The summed E-state index contributed by atoms with van der Waals surface area (Å²) in [6.45, 7) is 1.38.